The number of aromatic amines is 2. The molecule has 0 bridgehead atoms. The first kappa shape index (κ1) is 31.4. The van der Waals surface area contributed by atoms with Crippen LogP contribution in [-0.2, 0) is 10.8 Å². The third kappa shape index (κ3) is 5.76. The molecule has 4 heterocycles. The quantitative estimate of drug-likeness (QED) is 0.176. The van der Waals surface area contributed by atoms with E-state index in [4.69, 9.17) is 0 Å². The van der Waals surface area contributed by atoms with E-state index in [-0.39, 0.29) is 22.9 Å². The summed E-state index contributed by atoms with van der Waals surface area (Å²) in [5.74, 6) is 1.38. The fraction of sp³-hybridized carbons (Fsp3) is 0.444. The van der Waals surface area contributed by atoms with E-state index in [0.717, 1.165) is 59.3 Å². The van der Waals surface area contributed by atoms with Crippen LogP contribution in [0.2, 0.25) is 0 Å². The first-order valence-electron chi connectivity index (χ1n) is 16.1. The molecular formula is C36H44N6O4. The summed E-state index contributed by atoms with van der Waals surface area (Å²) in [4.78, 5) is 42.5. The van der Waals surface area contributed by atoms with Crippen molar-refractivity contribution in [3.63, 3.8) is 0 Å². The van der Waals surface area contributed by atoms with Crippen LogP contribution < -0.4 is 0 Å². The van der Waals surface area contributed by atoms with Gasteiger partial charge in [0.2, 0.25) is 0 Å². The van der Waals surface area contributed by atoms with Gasteiger partial charge in [0.05, 0.1) is 35.9 Å². The zero-order chi connectivity index (χ0) is 33.0. The molecule has 0 spiro atoms. The molecule has 2 aromatic heterocycles. The molecule has 6 rings (SSSR count). The van der Waals surface area contributed by atoms with Crippen molar-refractivity contribution < 1.29 is 19.8 Å². The number of imidazole rings is 2. The highest BCUT2D eigenvalue weighted by Gasteiger charge is 2.35. The molecule has 2 fully saturated rings. The van der Waals surface area contributed by atoms with Crippen molar-refractivity contribution >= 4 is 12.2 Å². The van der Waals surface area contributed by atoms with E-state index in [0.29, 0.717) is 24.7 Å². The monoisotopic (exact) mass is 624 g/mol. The number of carbonyl (C=O) groups is 2. The fourth-order valence-corrected chi connectivity index (χ4v) is 7.31. The summed E-state index contributed by atoms with van der Waals surface area (Å²) in [5.41, 5.74) is 8.18. The molecule has 0 aliphatic carbocycles. The predicted octanol–water partition coefficient (Wildman–Crippen LogP) is 8.36. The zero-order valence-corrected chi connectivity index (χ0v) is 27.5. The highest BCUT2D eigenvalue weighted by Crippen LogP contribution is 2.45. The number of aromatic nitrogens is 4. The highest BCUT2D eigenvalue weighted by molar-refractivity contribution is 5.79. The maximum Gasteiger partial charge on any atom is 0.407 e. The third-order valence-corrected chi connectivity index (χ3v) is 9.32. The van der Waals surface area contributed by atoms with Gasteiger partial charge in [-0.3, -0.25) is 9.80 Å². The molecular weight excluding hydrogens is 580 g/mol. The van der Waals surface area contributed by atoms with Crippen LogP contribution in [0.3, 0.4) is 0 Å². The van der Waals surface area contributed by atoms with Gasteiger partial charge < -0.3 is 20.2 Å². The fourth-order valence-electron chi connectivity index (χ4n) is 7.31. The maximum absolute atomic E-state index is 11.8. The number of hydrogen-bond donors (Lipinski definition) is 4. The van der Waals surface area contributed by atoms with Crippen molar-refractivity contribution in [1.82, 2.24) is 29.7 Å². The molecule has 10 nitrogen and oxygen atoms in total. The van der Waals surface area contributed by atoms with Gasteiger partial charge in [0, 0.05) is 18.7 Å². The van der Waals surface area contributed by atoms with Gasteiger partial charge in [0.1, 0.15) is 11.6 Å². The first-order valence-corrected chi connectivity index (χ1v) is 16.1. The zero-order valence-electron chi connectivity index (χ0n) is 27.5. The number of benzene rings is 2. The second-order valence-corrected chi connectivity index (χ2v) is 14.6. The number of rotatable bonds is 5. The van der Waals surface area contributed by atoms with Gasteiger partial charge in [-0.15, -0.1) is 0 Å². The van der Waals surface area contributed by atoms with Gasteiger partial charge in [-0.1, -0.05) is 77.9 Å². The number of amides is 2. The highest BCUT2D eigenvalue weighted by atomic mass is 16.4. The largest absolute Gasteiger partial charge is 0.465 e. The lowest BCUT2D eigenvalue weighted by atomic mass is 9.70. The van der Waals surface area contributed by atoms with Crippen LogP contribution in [0.1, 0.15) is 102 Å². The van der Waals surface area contributed by atoms with E-state index < -0.39 is 12.2 Å². The van der Waals surface area contributed by atoms with Crippen molar-refractivity contribution in [2.75, 3.05) is 13.1 Å². The Morgan fingerprint density at radius 2 is 1.11 bits per heavy atom. The van der Waals surface area contributed by atoms with Gasteiger partial charge >= 0.3 is 12.2 Å². The average molecular weight is 625 g/mol. The molecule has 2 amide bonds. The molecule has 2 aromatic carbocycles. The molecule has 2 atom stereocenters. The second kappa shape index (κ2) is 11.6. The topological polar surface area (TPSA) is 138 Å². The molecule has 242 valence electrons. The van der Waals surface area contributed by atoms with Crippen molar-refractivity contribution in [1.29, 1.82) is 0 Å². The van der Waals surface area contributed by atoms with Crippen molar-refractivity contribution in [3.05, 3.63) is 71.6 Å². The maximum atomic E-state index is 11.8. The van der Waals surface area contributed by atoms with E-state index in [1.165, 1.54) is 20.9 Å². The van der Waals surface area contributed by atoms with E-state index >= 15 is 0 Å². The lowest BCUT2D eigenvalue weighted by Gasteiger charge is -2.34. The second-order valence-electron chi connectivity index (χ2n) is 14.6. The Morgan fingerprint density at radius 3 is 1.61 bits per heavy atom. The number of H-pyrrole nitrogens is 2. The van der Waals surface area contributed by atoms with E-state index in [1.807, 2.05) is 6.20 Å². The summed E-state index contributed by atoms with van der Waals surface area (Å²) in [7, 11) is 0. The lowest BCUT2D eigenvalue weighted by molar-refractivity contribution is 0.138. The van der Waals surface area contributed by atoms with Crippen molar-refractivity contribution in [2.45, 2.75) is 90.1 Å². The number of likely N-dealkylation sites (tertiary alicyclic amines) is 2. The molecule has 0 saturated carbocycles. The van der Waals surface area contributed by atoms with Crippen LogP contribution in [0.4, 0.5) is 9.59 Å². The molecule has 2 aliphatic heterocycles. The van der Waals surface area contributed by atoms with Crippen molar-refractivity contribution in [2.24, 2.45) is 0 Å². The Morgan fingerprint density at radius 1 is 0.674 bits per heavy atom. The molecule has 10 heteroatoms. The average Bonchev–Trinajstić information content (AvgIpc) is 3.81. The molecule has 46 heavy (non-hydrogen) atoms. The van der Waals surface area contributed by atoms with Crippen LogP contribution >= 0.6 is 0 Å². The number of nitrogens with zero attached hydrogens (tertiary/aromatic N) is 4. The van der Waals surface area contributed by atoms with Gasteiger partial charge in [-0.25, -0.2) is 19.6 Å². The van der Waals surface area contributed by atoms with Gasteiger partial charge in [0.15, 0.2) is 0 Å². The third-order valence-electron chi connectivity index (χ3n) is 9.32. The Bertz CT molecular complexity index is 1760. The van der Waals surface area contributed by atoms with Crippen LogP contribution in [0.15, 0.2) is 48.8 Å². The molecule has 2 aliphatic rings. The summed E-state index contributed by atoms with van der Waals surface area (Å²) in [6.45, 7) is 14.5. The van der Waals surface area contributed by atoms with E-state index in [9.17, 15) is 19.8 Å². The number of carboxylic acid groups (broad SMARTS) is 2. The van der Waals surface area contributed by atoms with Crippen molar-refractivity contribution in [3.8, 4) is 33.6 Å². The molecule has 4 aromatic rings. The Balaban J connectivity index is 1.37. The van der Waals surface area contributed by atoms with Crippen LogP contribution in [0.5, 0.6) is 0 Å². The minimum absolute atomic E-state index is 0.184. The Hall–Kier alpha value is -4.60. The standard InChI is InChI=1S/C36H44N6O4/c1-35(2,3)29-23(21-11-13-22(14-12-21)25-19-37-31(39-25)27-9-7-17-41(27)33(43)44)15-16-24(30(29)36(4,5)6)26-20-38-32(40-26)28-10-8-18-42(28)34(45)46/h11-16,19-20,27-28H,7-10,17-18H2,1-6H3,(H,37,39)(H,38,40)(H,43,44)(H,45,46)/t27-,28-/m0/s1. The predicted molar refractivity (Wildman–Crippen MR) is 178 cm³/mol. The van der Waals surface area contributed by atoms with Gasteiger partial charge in [-0.2, -0.15) is 0 Å². The number of hydrogen-bond acceptors (Lipinski definition) is 4. The summed E-state index contributed by atoms with van der Waals surface area (Å²) in [6.07, 6.45) is 5.00. The van der Waals surface area contributed by atoms with Gasteiger partial charge in [0.25, 0.3) is 0 Å². The summed E-state index contributed by atoms with van der Waals surface area (Å²) < 4.78 is 0. The summed E-state index contributed by atoms with van der Waals surface area (Å²) in [6, 6.07) is 12.3. The van der Waals surface area contributed by atoms with Crippen LogP contribution in [0, 0.1) is 0 Å². The Kier molecular flexibility index (Phi) is 7.94. The minimum atomic E-state index is -0.910. The van der Waals surface area contributed by atoms with Gasteiger partial charge in [-0.05, 0) is 64.3 Å². The summed E-state index contributed by atoms with van der Waals surface area (Å²) >= 11 is 0. The van der Waals surface area contributed by atoms with E-state index in [2.05, 4.69) is 97.9 Å². The Labute approximate surface area is 269 Å². The normalized spacial score (nSPS) is 18.8. The first-order chi connectivity index (χ1) is 21.7. The number of nitrogens with one attached hydrogen (secondary N) is 2. The molecule has 2 saturated heterocycles. The molecule has 4 N–H and O–H groups in total. The smallest absolute Gasteiger partial charge is 0.407 e. The SMILES string of the molecule is CC(C)(C)c1c(-c2ccc(-c3cnc([C@@H]4CCCN4C(=O)O)[nH]3)cc2)ccc(-c2cnc([C@@H]3CCCN3C(=O)O)[nH]2)c1C(C)(C)C. The minimum Gasteiger partial charge on any atom is -0.465 e. The summed E-state index contributed by atoms with van der Waals surface area (Å²) in [5, 5.41) is 19.3. The van der Waals surface area contributed by atoms with Crippen LogP contribution in [0.25, 0.3) is 33.6 Å². The molecule has 0 radical (unpaired) electrons. The lowest BCUT2D eigenvalue weighted by Crippen LogP contribution is -2.29. The van der Waals surface area contributed by atoms with Crippen LogP contribution in [-0.4, -0.2) is 65.2 Å². The molecule has 0 unspecified atom stereocenters. The van der Waals surface area contributed by atoms with E-state index in [1.54, 1.807) is 6.20 Å².